The molecule has 5 rings (SSSR count). The minimum absolute atomic E-state index is 0.233. The fourth-order valence-corrected chi connectivity index (χ4v) is 4.82. The number of fused-ring (bicyclic) bond motifs is 1. The Labute approximate surface area is 214 Å². The van der Waals surface area contributed by atoms with Crippen LogP contribution in [0.15, 0.2) is 42.5 Å². The van der Waals surface area contributed by atoms with Gasteiger partial charge in [0.2, 0.25) is 0 Å². The zero-order valence-corrected chi connectivity index (χ0v) is 21.2. The maximum atomic E-state index is 13.5. The van der Waals surface area contributed by atoms with Gasteiger partial charge in [-0.3, -0.25) is 14.7 Å². The second kappa shape index (κ2) is 9.52. The molecule has 3 aromatic rings. The number of rotatable bonds is 8. The highest BCUT2D eigenvalue weighted by Crippen LogP contribution is 2.49. The van der Waals surface area contributed by atoms with Crippen LogP contribution in [-0.2, 0) is 5.54 Å². The highest BCUT2D eigenvalue weighted by molar-refractivity contribution is 5.97. The minimum atomic E-state index is -4.35. The summed E-state index contributed by atoms with van der Waals surface area (Å²) in [6.07, 6.45) is -1.88. The predicted octanol–water partition coefficient (Wildman–Crippen LogP) is 5.33. The summed E-state index contributed by atoms with van der Waals surface area (Å²) >= 11 is 0. The van der Waals surface area contributed by atoms with Gasteiger partial charge in [0.25, 0.3) is 5.91 Å². The van der Waals surface area contributed by atoms with E-state index in [-0.39, 0.29) is 5.91 Å². The number of halogens is 3. The van der Waals surface area contributed by atoms with Crippen molar-refractivity contribution in [3.05, 3.63) is 64.8 Å². The standard InChI is InChI=1S/C28H31F3N4O2/c1-17-4-6-21(37-15-20-8-11-35(20)3)14-23(17)26(36)34-27(9-10-27)24-12-19(32-16-28(29,30)31)13-25-22(24)7-5-18(2)33-25/h4-7,12-14,20,32H,8-11,15-16H2,1-3H3,(H,34,36)/t20-/m0/s1. The van der Waals surface area contributed by atoms with Crippen molar-refractivity contribution >= 4 is 22.5 Å². The number of nitrogens with zero attached hydrogens (tertiary/aromatic N) is 2. The number of hydrogen-bond acceptors (Lipinski definition) is 5. The number of ether oxygens (including phenoxy) is 1. The molecule has 1 aliphatic carbocycles. The van der Waals surface area contributed by atoms with Crippen LogP contribution in [0.25, 0.3) is 10.9 Å². The lowest BCUT2D eigenvalue weighted by molar-refractivity contribution is -0.115. The zero-order chi connectivity index (χ0) is 26.4. The Morgan fingerprint density at radius 1 is 1.16 bits per heavy atom. The normalized spacial score (nSPS) is 18.8. The highest BCUT2D eigenvalue weighted by atomic mass is 19.4. The fraction of sp³-hybridized carbons (Fsp3) is 0.429. The Bertz CT molecular complexity index is 1340. The third-order valence-electron chi connectivity index (χ3n) is 7.39. The number of hydrogen-bond donors (Lipinski definition) is 2. The second-order valence-electron chi connectivity index (χ2n) is 10.3. The van der Waals surface area contributed by atoms with Crippen molar-refractivity contribution < 1.29 is 22.7 Å². The first-order valence-corrected chi connectivity index (χ1v) is 12.5. The molecule has 2 heterocycles. The number of benzene rings is 2. The third-order valence-corrected chi connectivity index (χ3v) is 7.39. The lowest BCUT2D eigenvalue weighted by Crippen LogP contribution is -2.48. The van der Waals surface area contributed by atoms with Gasteiger partial charge in [0.1, 0.15) is 18.9 Å². The van der Waals surface area contributed by atoms with E-state index in [4.69, 9.17) is 4.74 Å². The molecule has 2 aromatic carbocycles. The first-order chi connectivity index (χ1) is 17.5. The Morgan fingerprint density at radius 2 is 1.95 bits per heavy atom. The molecular formula is C28H31F3N4O2. The predicted molar refractivity (Wildman–Crippen MR) is 137 cm³/mol. The quantitative estimate of drug-likeness (QED) is 0.427. The molecule has 1 atom stereocenters. The molecule has 1 amide bonds. The molecule has 2 N–H and O–H groups in total. The zero-order valence-electron chi connectivity index (χ0n) is 21.2. The van der Waals surface area contributed by atoms with Crippen LogP contribution < -0.4 is 15.4 Å². The number of amides is 1. The van der Waals surface area contributed by atoms with E-state index < -0.39 is 18.3 Å². The number of alkyl halides is 3. The van der Waals surface area contributed by atoms with Crippen LogP contribution in [0.2, 0.25) is 0 Å². The molecule has 37 heavy (non-hydrogen) atoms. The van der Waals surface area contributed by atoms with E-state index in [1.165, 1.54) is 0 Å². The molecule has 0 spiro atoms. The molecule has 2 fully saturated rings. The molecule has 1 saturated heterocycles. The lowest BCUT2D eigenvalue weighted by Gasteiger charge is -2.37. The Kier molecular flexibility index (Phi) is 6.52. The van der Waals surface area contributed by atoms with E-state index in [1.54, 1.807) is 18.2 Å². The van der Waals surface area contributed by atoms with Crippen LogP contribution in [-0.4, -0.2) is 54.8 Å². The molecule has 2 aliphatic rings. The number of aryl methyl sites for hydroxylation is 2. The van der Waals surface area contributed by atoms with Crippen LogP contribution >= 0.6 is 0 Å². The summed E-state index contributed by atoms with van der Waals surface area (Å²) in [4.78, 5) is 20.3. The maximum Gasteiger partial charge on any atom is 0.405 e. The van der Waals surface area contributed by atoms with Crippen LogP contribution in [0.5, 0.6) is 5.75 Å². The molecule has 1 aliphatic heterocycles. The van der Waals surface area contributed by atoms with Crippen molar-refractivity contribution in [3.63, 3.8) is 0 Å². The van der Waals surface area contributed by atoms with Gasteiger partial charge in [0.05, 0.1) is 11.1 Å². The van der Waals surface area contributed by atoms with E-state index >= 15 is 0 Å². The van der Waals surface area contributed by atoms with Crippen molar-refractivity contribution in [1.29, 1.82) is 0 Å². The first kappa shape index (κ1) is 25.3. The Hall–Kier alpha value is -3.33. The maximum absolute atomic E-state index is 13.5. The van der Waals surface area contributed by atoms with Gasteiger partial charge < -0.3 is 15.4 Å². The lowest BCUT2D eigenvalue weighted by atomic mass is 9.97. The van der Waals surface area contributed by atoms with Gasteiger partial charge in [0, 0.05) is 28.4 Å². The molecule has 0 bridgehead atoms. The minimum Gasteiger partial charge on any atom is -0.492 e. The summed E-state index contributed by atoms with van der Waals surface area (Å²) in [5, 5.41) is 6.48. The van der Waals surface area contributed by atoms with Crippen molar-refractivity contribution in [2.45, 2.75) is 50.9 Å². The summed E-state index contributed by atoms with van der Waals surface area (Å²) in [5.41, 5.74) is 3.13. The Balaban J connectivity index is 1.41. The third kappa shape index (κ3) is 5.51. The van der Waals surface area contributed by atoms with E-state index in [9.17, 15) is 18.0 Å². The smallest absolute Gasteiger partial charge is 0.405 e. The van der Waals surface area contributed by atoms with Crippen molar-refractivity contribution in [1.82, 2.24) is 15.2 Å². The summed E-state index contributed by atoms with van der Waals surface area (Å²) in [5.74, 6) is 0.410. The number of carbonyl (C=O) groups excluding carboxylic acids is 1. The molecule has 0 radical (unpaired) electrons. The summed E-state index contributed by atoms with van der Waals surface area (Å²) < 4.78 is 44.6. The van der Waals surface area contributed by atoms with Gasteiger partial charge in [-0.15, -0.1) is 0 Å². The number of carbonyl (C=O) groups is 1. The topological polar surface area (TPSA) is 66.5 Å². The molecule has 0 unspecified atom stereocenters. The summed E-state index contributed by atoms with van der Waals surface area (Å²) in [6, 6.07) is 13.0. The number of likely N-dealkylation sites (N-methyl/N-ethyl adjacent to an activating group) is 1. The van der Waals surface area contributed by atoms with Gasteiger partial charge in [0.15, 0.2) is 0 Å². The van der Waals surface area contributed by atoms with Crippen LogP contribution in [0, 0.1) is 13.8 Å². The fourth-order valence-electron chi connectivity index (χ4n) is 4.82. The van der Waals surface area contributed by atoms with Gasteiger partial charge in [-0.05, 0) is 88.2 Å². The SMILES string of the molecule is Cc1ccc2c(C3(NC(=O)c4cc(OC[C@@H]5CCN5C)ccc4C)CC3)cc(NCC(F)(F)F)cc2n1. The van der Waals surface area contributed by atoms with E-state index in [0.717, 1.165) is 35.2 Å². The summed E-state index contributed by atoms with van der Waals surface area (Å²) in [7, 11) is 2.06. The number of likely N-dealkylation sites (tertiary alicyclic amines) is 1. The first-order valence-electron chi connectivity index (χ1n) is 12.5. The van der Waals surface area contributed by atoms with Crippen LogP contribution in [0.4, 0.5) is 18.9 Å². The molecule has 196 valence electrons. The largest absolute Gasteiger partial charge is 0.492 e. The Morgan fingerprint density at radius 3 is 2.59 bits per heavy atom. The van der Waals surface area contributed by atoms with Gasteiger partial charge in [-0.2, -0.15) is 13.2 Å². The highest BCUT2D eigenvalue weighted by Gasteiger charge is 2.47. The molecule has 1 saturated carbocycles. The number of nitrogens with one attached hydrogen (secondary N) is 2. The van der Waals surface area contributed by atoms with E-state index in [0.29, 0.717) is 48.0 Å². The van der Waals surface area contributed by atoms with Gasteiger partial charge in [-0.25, -0.2) is 0 Å². The van der Waals surface area contributed by atoms with Gasteiger partial charge >= 0.3 is 6.18 Å². The van der Waals surface area contributed by atoms with Crippen molar-refractivity contribution in [3.8, 4) is 5.75 Å². The molecule has 6 nitrogen and oxygen atoms in total. The second-order valence-corrected chi connectivity index (χ2v) is 10.3. The van der Waals surface area contributed by atoms with Crippen molar-refractivity contribution in [2.24, 2.45) is 0 Å². The molecular weight excluding hydrogens is 481 g/mol. The molecule has 9 heteroatoms. The van der Waals surface area contributed by atoms with E-state index in [1.807, 2.05) is 38.1 Å². The van der Waals surface area contributed by atoms with Crippen LogP contribution in [0.1, 0.15) is 46.4 Å². The average Bonchev–Trinajstić information content (AvgIpc) is 3.61. The number of pyridine rings is 1. The van der Waals surface area contributed by atoms with Gasteiger partial charge in [-0.1, -0.05) is 12.1 Å². The molecule has 1 aromatic heterocycles. The van der Waals surface area contributed by atoms with Crippen molar-refractivity contribution in [2.75, 3.05) is 32.1 Å². The number of anilines is 1. The monoisotopic (exact) mass is 512 g/mol. The summed E-state index contributed by atoms with van der Waals surface area (Å²) in [6.45, 7) is 4.20. The van der Waals surface area contributed by atoms with E-state index in [2.05, 4.69) is 27.6 Å². The van der Waals surface area contributed by atoms with Crippen LogP contribution in [0.3, 0.4) is 0 Å². The average molecular weight is 513 g/mol. The number of aromatic nitrogens is 1.